The van der Waals surface area contributed by atoms with Gasteiger partial charge in [0.1, 0.15) is 6.04 Å². The maximum Gasteiger partial charge on any atom is 0.320 e. The van der Waals surface area contributed by atoms with Crippen molar-refractivity contribution in [1.82, 2.24) is 9.80 Å². The minimum absolute atomic E-state index is 0.0162. The van der Waals surface area contributed by atoms with Crippen molar-refractivity contribution in [2.24, 2.45) is 5.73 Å². The van der Waals surface area contributed by atoms with Crippen LogP contribution in [0.25, 0.3) is 0 Å². The largest absolute Gasteiger partial charge is 0.368 e. The zero-order chi connectivity index (χ0) is 10.1. The molecule has 78 valence electrons. The van der Waals surface area contributed by atoms with E-state index in [0.717, 1.165) is 32.4 Å². The molecule has 14 heavy (non-hydrogen) atoms. The highest BCUT2D eigenvalue weighted by Crippen LogP contribution is 2.21. The third-order valence-corrected chi connectivity index (χ3v) is 2.97. The van der Waals surface area contributed by atoms with Crippen molar-refractivity contribution >= 4 is 11.9 Å². The number of carbonyl (C=O) groups is 2. The summed E-state index contributed by atoms with van der Waals surface area (Å²) in [5.74, 6) is -0.385. The van der Waals surface area contributed by atoms with Crippen molar-refractivity contribution in [3.63, 3.8) is 0 Å². The molecular weight excluding hydrogens is 182 g/mol. The van der Waals surface area contributed by atoms with Crippen LogP contribution in [0.2, 0.25) is 0 Å². The summed E-state index contributed by atoms with van der Waals surface area (Å²) in [6, 6.07) is -0.374. The van der Waals surface area contributed by atoms with E-state index in [1.54, 1.807) is 9.80 Å². The van der Waals surface area contributed by atoms with Crippen LogP contribution in [0.3, 0.4) is 0 Å². The van der Waals surface area contributed by atoms with Gasteiger partial charge in [0.15, 0.2) is 0 Å². The second kappa shape index (κ2) is 3.48. The topological polar surface area (TPSA) is 66.6 Å². The third kappa shape index (κ3) is 1.42. The summed E-state index contributed by atoms with van der Waals surface area (Å²) in [4.78, 5) is 26.1. The highest BCUT2D eigenvalue weighted by molar-refractivity contribution is 5.87. The summed E-state index contributed by atoms with van der Waals surface area (Å²) < 4.78 is 0. The van der Waals surface area contributed by atoms with Crippen LogP contribution in [0.15, 0.2) is 0 Å². The Morgan fingerprint density at radius 1 is 1.14 bits per heavy atom. The lowest BCUT2D eigenvalue weighted by molar-refractivity contribution is -0.125. The first-order chi connectivity index (χ1) is 6.70. The van der Waals surface area contributed by atoms with Crippen molar-refractivity contribution in [3.05, 3.63) is 0 Å². The number of hydrogen-bond donors (Lipinski definition) is 1. The molecule has 0 saturated carbocycles. The Kier molecular flexibility index (Phi) is 2.31. The van der Waals surface area contributed by atoms with Crippen LogP contribution in [0.4, 0.5) is 4.79 Å². The summed E-state index contributed by atoms with van der Waals surface area (Å²) in [6.07, 6.45) is 2.86. The summed E-state index contributed by atoms with van der Waals surface area (Å²) in [5, 5.41) is 0. The molecule has 0 spiro atoms. The third-order valence-electron chi connectivity index (χ3n) is 2.97. The van der Waals surface area contributed by atoms with Gasteiger partial charge < -0.3 is 15.5 Å². The Morgan fingerprint density at radius 3 is 2.21 bits per heavy atom. The summed E-state index contributed by atoms with van der Waals surface area (Å²) in [7, 11) is 0. The molecule has 2 heterocycles. The van der Waals surface area contributed by atoms with Crippen LogP contribution in [0.5, 0.6) is 0 Å². The number of urea groups is 1. The maximum atomic E-state index is 11.8. The molecule has 3 amide bonds. The highest BCUT2D eigenvalue weighted by atomic mass is 16.2. The van der Waals surface area contributed by atoms with Gasteiger partial charge >= 0.3 is 6.03 Å². The van der Waals surface area contributed by atoms with E-state index in [9.17, 15) is 9.59 Å². The van der Waals surface area contributed by atoms with E-state index < -0.39 is 0 Å². The zero-order valence-corrected chi connectivity index (χ0v) is 8.11. The smallest absolute Gasteiger partial charge is 0.320 e. The summed E-state index contributed by atoms with van der Waals surface area (Å²) >= 11 is 0. The van der Waals surface area contributed by atoms with Crippen LogP contribution in [-0.4, -0.2) is 47.4 Å². The standard InChI is InChI=1S/C9H15N3O2/c10-8(13)7-3-6-12(7)9(14)11-4-1-2-5-11/h7H,1-6H2,(H2,10,13). The average molecular weight is 197 g/mol. The lowest BCUT2D eigenvalue weighted by Gasteiger charge is -2.40. The van der Waals surface area contributed by atoms with Gasteiger partial charge in [0.25, 0.3) is 0 Å². The maximum absolute atomic E-state index is 11.8. The van der Waals surface area contributed by atoms with Gasteiger partial charge in [0, 0.05) is 19.6 Å². The molecule has 0 aromatic heterocycles. The second-order valence-electron chi connectivity index (χ2n) is 3.88. The number of nitrogens with zero attached hydrogens (tertiary/aromatic N) is 2. The molecule has 1 atom stereocenters. The van der Waals surface area contributed by atoms with Crippen LogP contribution in [-0.2, 0) is 4.79 Å². The molecule has 2 rings (SSSR count). The van der Waals surface area contributed by atoms with Gasteiger partial charge in [0.05, 0.1) is 0 Å². The zero-order valence-electron chi connectivity index (χ0n) is 8.11. The van der Waals surface area contributed by atoms with Gasteiger partial charge in [0.2, 0.25) is 5.91 Å². The van der Waals surface area contributed by atoms with Gasteiger partial charge in [-0.3, -0.25) is 4.79 Å². The predicted molar refractivity (Wildman–Crippen MR) is 50.5 cm³/mol. The molecule has 5 nitrogen and oxygen atoms in total. The number of primary amides is 1. The number of amides is 3. The molecule has 2 fully saturated rings. The first-order valence-electron chi connectivity index (χ1n) is 5.05. The van der Waals surface area contributed by atoms with Gasteiger partial charge in [-0.25, -0.2) is 4.79 Å². The van der Waals surface area contributed by atoms with Gasteiger partial charge in [-0.1, -0.05) is 0 Å². The van der Waals surface area contributed by atoms with E-state index in [1.165, 1.54) is 0 Å². The molecule has 2 saturated heterocycles. The molecule has 0 aliphatic carbocycles. The van der Waals surface area contributed by atoms with Crippen molar-refractivity contribution in [1.29, 1.82) is 0 Å². The number of carbonyl (C=O) groups excluding carboxylic acids is 2. The molecule has 5 heteroatoms. The summed E-state index contributed by atoms with van der Waals surface area (Å²) in [6.45, 7) is 2.31. The van der Waals surface area contributed by atoms with E-state index >= 15 is 0 Å². The normalized spacial score (nSPS) is 26.1. The van der Waals surface area contributed by atoms with Crippen molar-refractivity contribution in [3.8, 4) is 0 Å². The van der Waals surface area contributed by atoms with E-state index in [4.69, 9.17) is 5.73 Å². The van der Waals surface area contributed by atoms with Crippen molar-refractivity contribution in [2.45, 2.75) is 25.3 Å². The van der Waals surface area contributed by atoms with E-state index in [-0.39, 0.29) is 18.0 Å². The fraction of sp³-hybridized carbons (Fsp3) is 0.778. The van der Waals surface area contributed by atoms with Crippen LogP contribution < -0.4 is 5.73 Å². The molecule has 0 aromatic carbocycles. The summed E-state index contributed by atoms with van der Waals surface area (Å²) in [5.41, 5.74) is 5.17. The number of rotatable bonds is 1. The van der Waals surface area contributed by atoms with Crippen LogP contribution in [0.1, 0.15) is 19.3 Å². The Morgan fingerprint density at radius 2 is 1.79 bits per heavy atom. The quantitative estimate of drug-likeness (QED) is 0.630. The van der Waals surface area contributed by atoms with Crippen molar-refractivity contribution < 1.29 is 9.59 Å². The van der Waals surface area contributed by atoms with E-state index in [1.807, 2.05) is 0 Å². The lowest BCUT2D eigenvalue weighted by atomic mass is 10.0. The molecule has 2 aliphatic rings. The molecule has 0 aromatic rings. The Hall–Kier alpha value is -1.26. The average Bonchev–Trinajstić information content (AvgIpc) is 2.51. The molecule has 1 unspecified atom stereocenters. The minimum Gasteiger partial charge on any atom is -0.368 e. The Labute approximate surface area is 82.8 Å². The molecule has 2 N–H and O–H groups in total. The van der Waals surface area contributed by atoms with Crippen molar-refractivity contribution in [2.75, 3.05) is 19.6 Å². The fourth-order valence-electron chi connectivity index (χ4n) is 2.00. The molecular formula is C9H15N3O2. The van der Waals surface area contributed by atoms with Gasteiger partial charge in [-0.2, -0.15) is 0 Å². The molecule has 0 radical (unpaired) electrons. The van der Waals surface area contributed by atoms with E-state index in [0.29, 0.717) is 6.54 Å². The predicted octanol–water partition coefficient (Wildman–Crippen LogP) is -0.238. The number of likely N-dealkylation sites (tertiary alicyclic amines) is 2. The van der Waals surface area contributed by atoms with Gasteiger partial charge in [-0.15, -0.1) is 0 Å². The lowest BCUT2D eigenvalue weighted by Crippen LogP contribution is -2.60. The molecule has 0 bridgehead atoms. The first-order valence-corrected chi connectivity index (χ1v) is 5.05. The Bertz CT molecular complexity index is 261. The molecule has 2 aliphatic heterocycles. The van der Waals surface area contributed by atoms with Crippen LogP contribution in [0, 0.1) is 0 Å². The minimum atomic E-state index is -0.385. The number of hydrogen-bond acceptors (Lipinski definition) is 2. The SMILES string of the molecule is NC(=O)C1CCN1C(=O)N1CCCC1. The van der Waals surface area contributed by atoms with Crippen LogP contribution >= 0.6 is 0 Å². The monoisotopic (exact) mass is 197 g/mol. The van der Waals surface area contributed by atoms with Gasteiger partial charge in [-0.05, 0) is 19.3 Å². The highest BCUT2D eigenvalue weighted by Gasteiger charge is 2.38. The Balaban J connectivity index is 1.94. The second-order valence-corrected chi connectivity index (χ2v) is 3.88. The number of nitrogens with two attached hydrogens (primary N) is 1. The van der Waals surface area contributed by atoms with E-state index in [2.05, 4.69) is 0 Å². The fourth-order valence-corrected chi connectivity index (χ4v) is 2.00. The first kappa shape index (κ1) is 9.30.